The Morgan fingerprint density at radius 1 is 1.05 bits per heavy atom. The maximum absolute atomic E-state index is 12.7. The van der Waals surface area contributed by atoms with E-state index in [-0.39, 0.29) is 6.54 Å². The molecule has 0 atom stereocenters. The van der Waals surface area contributed by atoms with E-state index in [1.165, 1.54) is 6.07 Å². The summed E-state index contributed by atoms with van der Waals surface area (Å²) in [5.41, 5.74) is 6.75. The van der Waals surface area contributed by atoms with Gasteiger partial charge in [-0.15, -0.1) is 0 Å². The summed E-state index contributed by atoms with van der Waals surface area (Å²) in [6.07, 6.45) is -4.36. The molecule has 0 aliphatic carbocycles. The molecule has 2 aromatic rings. The van der Waals surface area contributed by atoms with Gasteiger partial charge in [0.05, 0.1) is 5.56 Å². The molecule has 0 bridgehead atoms. The number of alkyl halides is 3. The zero-order valence-electron chi connectivity index (χ0n) is 9.84. The fourth-order valence-corrected chi connectivity index (χ4v) is 2.03. The van der Waals surface area contributed by atoms with Crippen LogP contribution in [0, 0.1) is 0 Å². The van der Waals surface area contributed by atoms with Crippen LogP contribution < -0.4 is 5.73 Å². The molecule has 5 heteroatoms. The van der Waals surface area contributed by atoms with Crippen LogP contribution in [0.4, 0.5) is 13.2 Å². The molecule has 2 aromatic carbocycles. The number of halogens is 4. The molecule has 0 saturated carbocycles. The van der Waals surface area contributed by atoms with E-state index >= 15 is 0 Å². The first-order valence-corrected chi connectivity index (χ1v) is 5.96. The molecule has 0 spiro atoms. The van der Waals surface area contributed by atoms with Gasteiger partial charge in [-0.2, -0.15) is 13.2 Å². The molecule has 2 rings (SSSR count). The molecule has 0 aliphatic heterocycles. The molecule has 1 nitrogen and oxygen atoms in total. The van der Waals surface area contributed by atoms with Gasteiger partial charge in [0.25, 0.3) is 0 Å². The zero-order chi connectivity index (χ0) is 14.0. The lowest BCUT2D eigenvalue weighted by atomic mass is 9.98. The third kappa shape index (κ3) is 3.08. The number of rotatable bonds is 2. The van der Waals surface area contributed by atoms with E-state index in [9.17, 15) is 13.2 Å². The standard InChI is InChI=1S/C14H11ClF3N/c15-12-5-4-10(8-19)13(7-12)9-2-1-3-11(6-9)14(16,17)18/h1-7H,8,19H2. The lowest BCUT2D eigenvalue weighted by Crippen LogP contribution is -2.05. The van der Waals surface area contributed by atoms with Crippen LogP contribution in [0.3, 0.4) is 0 Å². The Bertz CT molecular complexity index is 593. The highest BCUT2D eigenvalue weighted by Gasteiger charge is 2.30. The molecule has 19 heavy (non-hydrogen) atoms. The van der Waals surface area contributed by atoms with Crippen LogP contribution >= 0.6 is 11.6 Å². The maximum Gasteiger partial charge on any atom is 0.416 e. The van der Waals surface area contributed by atoms with Crippen LogP contribution in [0.2, 0.25) is 5.02 Å². The monoisotopic (exact) mass is 285 g/mol. The minimum absolute atomic E-state index is 0.239. The molecule has 0 amide bonds. The van der Waals surface area contributed by atoms with Gasteiger partial charge in [0.2, 0.25) is 0 Å². The van der Waals surface area contributed by atoms with Crippen molar-refractivity contribution in [1.29, 1.82) is 0 Å². The van der Waals surface area contributed by atoms with Crippen molar-refractivity contribution >= 4 is 11.6 Å². The second kappa shape index (κ2) is 5.23. The highest BCUT2D eigenvalue weighted by molar-refractivity contribution is 6.30. The average Bonchev–Trinajstić information content (AvgIpc) is 2.38. The summed E-state index contributed by atoms with van der Waals surface area (Å²) in [5, 5.41) is 0.463. The SMILES string of the molecule is NCc1ccc(Cl)cc1-c1cccc(C(F)(F)F)c1. The van der Waals surface area contributed by atoms with Crippen LogP contribution in [0.1, 0.15) is 11.1 Å². The normalized spacial score (nSPS) is 11.6. The predicted octanol–water partition coefficient (Wildman–Crippen LogP) is 4.48. The number of hydrogen-bond donors (Lipinski definition) is 1. The third-order valence-electron chi connectivity index (χ3n) is 2.79. The summed E-state index contributed by atoms with van der Waals surface area (Å²) in [6, 6.07) is 10.1. The Morgan fingerprint density at radius 2 is 1.79 bits per heavy atom. The van der Waals surface area contributed by atoms with E-state index in [0.717, 1.165) is 17.7 Å². The molecule has 0 heterocycles. The molecule has 0 fully saturated rings. The average molecular weight is 286 g/mol. The van der Waals surface area contributed by atoms with Crippen LogP contribution in [0.15, 0.2) is 42.5 Å². The van der Waals surface area contributed by atoms with Crippen LogP contribution in [-0.2, 0) is 12.7 Å². The summed E-state index contributed by atoms with van der Waals surface area (Å²) in [7, 11) is 0. The molecule has 100 valence electrons. The Kier molecular flexibility index (Phi) is 3.83. The van der Waals surface area contributed by atoms with Gasteiger partial charge in [-0.25, -0.2) is 0 Å². The molecule has 0 unspecified atom stereocenters. The van der Waals surface area contributed by atoms with Crippen molar-refractivity contribution in [2.45, 2.75) is 12.7 Å². The van der Waals surface area contributed by atoms with E-state index in [0.29, 0.717) is 16.1 Å². The summed E-state index contributed by atoms with van der Waals surface area (Å²) >= 11 is 5.89. The zero-order valence-corrected chi connectivity index (χ0v) is 10.6. The fourth-order valence-electron chi connectivity index (χ4n) is 1.86. The van der Waals surface area contributed by atoms with E-state index in [4.69, 9.17) is 17.3 Å². The molecule has 0 radical (unpaired) electrons. The van der Waals surface area contributed by atoms with Crippen molar-refractivity contribution in [3.63, 3.8) is 0 Å². The first-order chi connectivity index (χ1) is 8.91. The van der Waals surface area contributed by atoms with Gasteiger partial charge in [0.15, 0.2) is 0 Å². The van der Waals surface area contributed by atoms with Crippen molar-refractivity contribution in [2.24, 2.45) is 5.73 Å². The molecule has 0 aromatic heterocycles. The van der Waals surface area contributed by atoms with Crippen molar-refractivity contribution in [2.75, 3.05) is 0 Å². The van der Waals surface area contributed by atoms with Gasteiger partial charge in [-0.3, -0.25) is 0 Å². The Morgan fingerprint density at radius 3 is 2.42 bits per heavy atom. The topological polar surface area (TPSA) is 26.0 Å². The maximum atomic E-state index is 12.7. The van der Waals surface area contributed by atoms with E-state index in [1.54, 1.807) is 24.3 Å². The van der Waals surface area contributed by atoms with Gasteiger partial charge < -0.3 is 5.73 Å². The summed E-state index contributed by atoms with van der Waals surface area (Å²) in [5.74, 6) is 0. The van der Waals surface area contributed by atoms with Gasteiger partial charge >= 0.3 is 6.18 Å². The van der Waals surface area contributed by atoms with Crippen LogP contribution in [0.5, 0.6) is 0 Å². The Hall–Kier alpha value is -1.52. The first kappa shape index (κ1) is 13.9. The summed E-state index contributed by atoms with van der Waals surface area (Å²) in [4.78, 5) is 0. The summed E-state index contributed by atoms with van der Waals surface area (Å²) in [6.45, 7) is 0.239. The van der Waals surface area contributed by atoms with E-state index in [1.807, 2.05) is 0 Å². The second-order valence-electron chi connectivity index (χ2n) is 4.08. The predicted molar refractivity (Wildman–Crippen MR) is 69.8 cm³/mol. The van der Waals surface area contributed by atoms with Crippen LogP contribution in [-0.4, -0.2) is 0 Å². The third-order valence-corrected chi connectivity index (χ3v) is 3.03. The molecular weight excluding hydrogens is 275 g/mol. The fraction of sp³-hybridized carbons (Fsp3) is 0.143. The Balaban J connectivity index is 2.56. The largest absolute Gasteiger partial charge is 0.416 e. The number of nitrogens with two attached hydrogens (primary N) is 1. The smallest absolute Gasteiger partial charge is 0.326 e. The van der Waals surface area contributed by atoms with E-state index in [2.05, 4.69) is 0 Å². The van der Waals surface area contributed by atoms with Gasteiger partial charge in [0.1, 0.15) is 0 Å². The van der Waals surface area contributed by atoms with Crippen molar-refractivity contribution < 1.29 is 13.2 Å². The van der Waals surface area contributed by atoms with Gasteiger partial charge in [-0.1, -0.05) is 29.8 Å². The summed E-state index contributed by atoms with van der Waals surface area (Å²) < 4.78 is 38.1. The number of benzene rings is 2. The van der Waals surface area contributed by atoms with Crippen LogP contribution in [0.25, 0.3) is 11.1 Å². The second-order valence-corrected chi connectivity index (χ2v) is 4.52. The van der Waals surface area contributed by atoms with Crippen molar-refractivity contribution in [3.8, 4) is 11.1 Å². The first-order valence-electron chi connectivity index (χ1n) is 5.58. The quantitative estimate of drug-likeness (QED) is 0.865. The Labute approximate surface area is 113 Å². The minimum atomic E-state index is -4.36. The molecule has 0 saturated heterocycles. The lowest BCUT2D eigenvalue weighted by molar-refractivity contribution is -0.137. The molecular formula is C14H11ClF3N. The minimum Gasteiger partial charge on any atom is -0.326 e. The lowest BCUT2D eigenvalue weighted by Gasteiger charge is -2.12. The molecule has 0 aliphatic rings. The molecule has 2 N–H and O–H groups in total. The van der Waals surface area contributed by atoms with Gasteiger partial charge in [0, 0.05) is 11.6 Å². The van der Waals surface area contributed by atoms with Crippen molar-refractivity contribution in [1.82, 2.24) is 0 Å². The van der Waals surface area contributed by atoms with Gasteiger partial charge in [-0.05, 0) is 41.0 Å². The number of hydrogen-bond acceptors (Lipinski definition) is 1. The van der Waals surface area contributed by atoms with Crippen molar-refractivity contribution in [3.05, 3.63) is 58.6 Å². The van der Waals surface area contributed by atoms with E-state index < -0.39 is 11.7 Å². The highest BCUT2D eigenvalue weighted by atomic mass is 35.5. The highest BCUT2D eigenvalue weighted by Crippen LogP contribution is 2.33.